The molecule has 3 aromatic rings. The molecule has 0 aliphatic carbocycles. The number of nitrogens with zero attached hydrogens (tertiary/aromatic N) is 4. The van der Waals surface area contributed by atoms with Gasteiger partial charge in [-0.25, -0.2) is 24.4 Å². The van der Waals surface area contributed by atoms with E-state index in [1.165, 1.54) is 10.9 Å². The van der Waals surface area contributed by atoms with Gasteiger partial charge < -0.3 is 28.9 Å². The first-order valence-electron chi connectivity index (χ1n) is 12.4. The van der Waals surface area contributed by atoms with Gasteiger partial charge >= 0.3 is 12.6 Å². The number of benzene rings is 1. The third-order valence-corrected chi connectivity index (χ3v) is 9.11. The van der Waals surface area contributed by atoms with Crippen LogP contribution in [0.15, 0.2) is 36.7 Å². The van der Waals surface area contributed by atoms with Gasteiger partial charge in [-0.05, 0) is 44.7 Å². The van der Waals surface area contributed by atoms with Gasteiger partial charge in [0.1, 0.15) is 29.3 Å². The number of aliphatic hydroxyl groups is 1. The highest BCUT2D eigenvalue weighted by Crippen LogP contribution is 2.49. The van der Waals surface area contributed by atoms with Gasteiger partial charge in [0, 0.05) is 7.05 Å². The van der Waals surface area contributed by atoms with Crippen molar-refractivity contribution in [3.8, 4) is 5.75 Å². The molecule has 16 heteroatoms. The molecule has 1 saturated heterocycles. The number of esters is 1. The third kappa shape index (κ3) is 6.23. The number of anilines is 1. The Morgan fingerprint density at radius 1 is 1.38 bits per heavy atom. The number of aliphatic hydroxyl groups excluding tert-OH is 1. The van der Waals surface area contributed by atoms with E-state index in [4.69, 9.17) is 41.9 Å². The number of hydrogen-bond donors (Lipinski definition) is 3. The minimum atomic E-state index is -3.50. The maximum Gasteiger partial charge on any atom is 0.323 e. The van der Waals surface area contributed by atoms with Gasteiger partial charge in [-0.15, -0.1) is 11.6 Å². The predicted octanol–water partition coefficient (Wildman–Crippen LogP) is 3.24. The molecule has 6 atom stereocenters. The van der Waals surface area contributed by atoms with Crippen LogP contribution >= 0.6 is 18.2 Å². The lowest BCUT2D eigenvalue weighted by Gasteiger charge is -2.33. The predicted molar refractivity (Wildman–Crippen MR) is 151 cm³/mol. The molecule has 0 amide bonds. The number of carbonyl (C=O) groups is 1. The number of para-hydroxylation sites is 1. The molecule has 40 heavy (non-hydrogen) atoms. The fraction of sp³-hybridized carbons (Fsp3) is 0.500. The molecule has 1 aromatic carbocycles. The van der Waals surface area contributed by atoms with Crippen LogP contribution in [-0.4, -0.2) is 80.7 Å². The molecule has 3 N–H and O–H groups in total. The van der Waals surface area contributed by atoms with Gasteiger partial charge in [-0.3, -0.25) is 9.36 Å². The monoisotopic (exact) mass is 616 g/mol. The third-order valence-electron chi connectivity index (χ3n) is 6.18. The minimum Gasteiger partial charge on any atom is -0.465 e. The maximum absolute atomic E-state index is 15.7. The number of nitrogens with one attached hydrogen (secondary N) is 2. The van der Waals surface area contributed by atoms with Gasteiger partial charge in [0.2, 0.25) is 0 Å². The first kappa shape index (κ1) is 30.5. The number of ether oxygens (including phenoxy) is 2. The summed E-state index contributed by atoms with van der Waals surface area (Å²) in [6.07, 6.45) is -3.60. The Kier molecular flexibility index (Phi) is 9.61. The molecule has 12 nitrogen and oxygen atoms in total. The number of aromatic nitrogens is 4. The fourth-order valence-electron chi connectivity index (χ4n) is 4.15. The minimum absolute atomic E-state index is 0.173. The number of carbonyl (C=O) groups excluding carboxylic acids is 1. The number of halogens is 2. The Morgan fingerprint density at radius 3 is 2.75 bits per heavy atom. The number of hydrogen-bond acceptors (Lipinski definition) is 11. The number of imidazole rings is 1. The number of aryl methyl sites for hydroxylation is 1. The molecule has 1 aliphatic heterocycles. The zero-order valence-electron chi connectivity index (χ0n) is 22.3. The van der Waals surface area contributed by atoms with Crippen LogP contribution in [0.2, 0.25) is 0 Å². The first-order chi connectivity index (χ1) is 19.1. The summed E-state index contributed by atoms with van der Waals surface area (Å²) in [4.78, 5) is 25.3. The van der Waals surface area contributed by atoms with E-state index in [-0.39, 0.29) is 12.5 Å². The zero-order chi connectivity index (χ0) is 29.1. The highest BCUT2D eigenvalue weighted by molar-refractivity contribution is 8.09. The summed E-state index contributed by atoms with van der Waals surface area (Å²) >= 11 is 12.0. The Labute approximate surface area is 240 Å². The molecule has 0 bridgehead atoms. The fourth-order valence-corrected chi connectivity index (χ4v) is 6.88. The summed E-state index contributed by atoms with van der Waals surface area (Å²) in [5.41, 5.74) is -1.01. The van der Waals surface area contributed by atoms with E-state index in [1.54, 1.807) is 58.2 Å². The molecule has 3 heterocycles. The number of rotatable bonds is 12. The molecular weight excluding hydrogens is 586 g/mol. The van der Waals surface area contributed by atoms with Gasteiger partial charge in [0.15, 0.2) is 29.4 Å². The molecule has 4 rings (SSSR count). The highest BCUT2D eigenvalue weighted by Gasteiger charge is 2.57. The summed E-state index contributed by atoms with van der Waals surface area (Å²) in [6.45, 7) is 1.14. The van der Waals surface area contributed by atoms with Crippen molar-refractivity contribution in [2.45, 2.75) is 50.9 Å². The summed E-state index contributed by atoms with van der Waals surface area (Å²) in [6, 6.07) is 7.73. The SMILES string of the molecule is CCOC(=O)[C@@H](C)N[P@](=S)(OC[C@@]1(CCl)O[C@@H](n2cnc3c(NC)nc(C)nc32)[C@H](F)[C@@H]1O)Oc1ccccc1. The molecule has 0 spiro atoms. The largest absolute Gasteiger partial charge is 0.465 e. The lowest BCUT2D eigenvalue weighted by molar-refractivity contribution is -0.144. The van der Waals surface area contributed by atoms with Crippen molar-refractivity contribution in [3.05, 3.63) is 42.5 Å². The van der Waals surface area contributed by atoms with E-state index < -0.39 is 49.4 Å². The Hall–Kier alpha value is -2.45. The van der Waals surface area contributed by atoms with E-state index in [0.717, 1.165) is 0 Å². The molecule has 0 saturated carbocycles. The molecular formula is C24H31ClFN6O6PS. The van der Waals surface area contributed by atoms with E-state index in [2.05, 4.69) is 25.4 Å². The van der Waals surface area contributed by atoms with Crippen molar-refractivity contribution in [1.29, 1.82) is 0 Å². The Balaban J connectivity index is 1.61. The van der Waals surface area contributed by atoms with Gasteiger partial charge in [0.25, 0.3) is 0 Å². The van der Waals surface area contributed by atoms with Crippen molar-refractivity contribution in [2.24, 2.45) is 0 Å². The molecule has 0 radical (unpaired) electrons. The lowest BCUT2D eigenvalue weighted by Crippen LogP contribution is -2.48. The second-order valence-corrected chi connectivity index (χ2v) is 12.5. The van der Waals surface area contributed by atoms with E-state index in [0.29, 0.717) is 28.6 Å². The van der Waals surface area contributed by atoms with Crippen LogP contribution in [0.1, 0.15) is 25.9 Å². The number of fused-ring (bicyclic) bond motifs is 1. The molecule has 2 aromatic heterocycles. The molecule has 0 unspecified atom stereocenters. The average Bonchev–Trinajstić information content (AvgIpc) is 3.46. The van der Waals surface area contributed by atoms with Crippen molar-refractivity contribution < 1.29 is 32.8 Å². The standard InChI is InChI=1S/C24H31ClFN6O6PS/c1-5-35-23(34)14(2)31-39(40,38-16-9-7-6-8-10-16)36-12-24(11-25)19(33)17(26)22(37-24)32-13-28-18-20(27-4)29-15(3)30-21(18)32/h6-10,13-14,17,19,22,33H,5,11-12H2,1-4H3,(H,31,40)(H,27,29,30)/t14-,17-,19+,22-,24-,39+/m1/s1. The average molecular weight is 617 g/mol. The van der Waals surface area contributed by atoms with Crippen LogP contribution in [0.25, 0.3) is 11.2 Å². The Bertz CT molecular complexity index is 1390. The van der Waals surface area contributed by atoms with Crippen LogP contribution in [0.3, 0.4) is 0 Å². The van der Waals surface area contributed by atoms with E-state index in [1.807, 2.05) is 0 Å². The highest BCUT2D eigenvalue weighted by atomic mass is 35.5. The molecule has 1 aliphatic rings. The zero-order valence-corrected chi connectivity index (χ0v) is 24.8. The summed E-state index contributed by atoms with van der Waals surface area (Å²) in [7, 11) is 1.68. The maximum atomic E-state index is 15.7. The van der Waals surface area contributed by atoms with Gasteiger partial charge in [0.05, 0.1) is 25.4 Å². The summed E-state index contributed by atoms with van der Waals surface area (Å²) in [5.74, 6) is 0.364. The Morgan fingerprint density at radius 2 is 2.10 bits per heavy atom. The van der Waals surface area contributed by atoms with Crippen molar-refractivity contribution in [1.82, 2.24) is 24.6 Å². The summed E-state index contributed by atoms with van der Waals surface area (Å²) in [5, 5.41) is 16.9. The van der Waals surface area contributed by atoms with Crippen molar-refractivity contribution in [3.63, 3.8) is 0 Å². The van der Waals surface area contributed by atoms with Crippen LogP contribution in [0.5, 0.6) is 5.75 Å². The van der Waals surface area contributed by atoms with Crippen LogP contribution in [0, 0.1) is 6.92 Å². The topological polar surface area (TPSA) is 142 Å². The van der Waals surface area contributed by atoms with Gasteiger partial charge in [-0.1, -0.05) is 18.2 Å². The quantitative estimate of drug-likeness (QED) is 0.156. The smallest absolute Gasteiger partial charge is 0.323 e. The molecule has 1 fully saturated rings. The van der Waals surface area contributed by atoms with Crippen molar-refractivity contribution in [2.75, 3.05) is 31.5 Å². The van der Waals surface area contributed by atoms with E-state index >= 15 is 4.39 Å². The lowest BCUT2D eigenvalue weighted by atomic mass is 9.99. The normalized spacial score (nSPS) is 24.9. The number of alkyl halides is 2. The van der Waals surface area contributed by atoms with Gasteiger partial charge in [-0.2, -0.15) is 0 Å². The van der Waals surface area contributed by atoms with E-state index in [9.17, 15) is 9.90 Å². The van der Waals surface area contributed by atoms with Crippen LogP contribution in [-0.2, 0) is 30.6 Å². The van der Waals surface area contributed by atoms with Crippen LogP contribution in [0.4, 0.5) is 10.2 Å². The molecule has 218 valence electrons. The van der Waals surface area contributed by atoms with Crippen LogP contribution < -0.4 is 14.9 Å². The second-order valence-electron chi connectivity index (χ2n) is 9.07. The second kappa shape index (κ2) is 12.6. The summed E-state index contributed by atoms with van der Waals surface area (Å²) < 4.78 is 40.2. The first-order valence-corrected chi connectivity index (χ1v) is 15.6. The van der Waals surface area contributed by atoms with Crippen molar-refractivity contribution >= 4 is 53.0 Å².